The summed E-state index contributed by atoms with van der Waals surface area (Å²) < 4.78 is 0. The van der Waals surface area contributed by atoms with Gasteiger partial charge in [0.15, 0.2) is 0 Å². The lowest BCUT2D eigenvalue weighted by Crippen LogP contribution is -2.47. The molecule has 0 aliphatic heterocycles. The van der Waals surface area contributed by atoms with Gasteiger partial charge in [0.2, 0.25) is 6.85 Å². The van der Waals surface area contributed by atoms with Crippen molar-refractivity contribution >= 4 is 6.85 Å². The lowest BCUT2D eigenvalue weighted by Gasteiger charge is -2.25. The Hall–Kier alpha value is -0.0551. The molecule has 0 saturated heterocycles. The first-order valence-electron chi connectivity index (χ1n) is 4.70. The first-order valence-corrected chi connectivity index (χ1v) is 4.70. The van der Waals surface area contributed by atoms with Crippen molar-refractivity contribution in [3.63, 3.8) is 0 Å². The van der Waals surface area contributed by atoms with Crippen molar-refractivity contribution in [2.24, 2.45) is 0 Å². The SMILES string of the molecule is CCCN(CB(C)N(C)C)NC. The fraction of sp³-hybridized carbons (Fsp3) is 1.00. The standard InChI is InChI=1S/C8H22BN3/c1-6-7-12(10-3)8-9(2)11(4)5/h10H,6-8H2,1-5H3. The molecule has 72 valence electrons. The molecule has 0 rings (SSSR count). The number of nitrogens with zero attached hydrogens (tertiary/aromatic N) is 2. The molecule has 1 N–H and O–H groups in total. The Morgan fingerprint density at radius 3 is 2.25 bits per heavy atom. The van der Waals surface area contributed by atoms with Crippen molar-refractivity contribution in [1.29, 1.82) is 0 Å². The number of hydrogen-bond acceptors (Lipinski definition) is 3. The smallest absolute Gasteiger partial charge is 0.235 e. The maximum atomic E-state index is 3.20. The Kier molecular flexibility index (Phi) is 6.43. The zero-order valence-electron chi connectivity index (χ0n) is 9.09. The van der Waals surface area contributed by atoms with Gasteiger partial charge in [-0.1, -0.05) is 13.7 Å². The second kappa shape index (κ2) is 6.46. The molecule has 0 spiro atoms. The molecule has 0 aromatic carbocycles. The highest BCUT2D eigenvalue weighted by Crippen LogP contribution is 1.92. The highest BCUT2D eigenvalue weighted by Gasteiger charge is 2.13. The lowest BCUT2D eigenvalue weighted by atomic mass is 9.63. The Morgan fingerprint density at radius 1 is 1.33 bits per heavy atom. The lowest BCUT2D eigenvalue weighted by molar-refractivity contribution is 0.238. The van der Waals surface area contributed by atoms with Gasteiger partial charge in [-0.3, -0.25) is 10.4 Å². The van der Waals surface area contributed by atoms with Gasteiger partial charge in [-0.05, 0) is 27.6 Å². The van der Waals surface area contributed by atoms with Gasteiger partial charge in [0.05, 0.1) is 0 Å². The van der Waals surface area contributed by atoms with Crippen molar-refractivity contribution in [3.8, 4) is 0 Å². The second-order valence-corrected chi connectivity index (χ2v) is 3.48. The zero-order chi connectivity index (χ0) is 9.56. The molecule has 0 fully saturated rings. The average molecular weight is 171 g/mol. The average Bonchev–Trinajstić information content (AvgIpc) is 2.03. The minimum atomic E-state index is 0.601. The fourth-order valence-corrected chi connectivity index (χ4v) is 1.05. The topological polar surface area (TPSA) is 18.5 Å². The van der Waals surface area contributed by atoms with E-state index in [0.717, 1.165) is 13.0 Å². The minimum absolute atomic E-state index is 0.601. The predicted octanol–water partition coefficient (Wildman–Crippen LogP) is 0.555. The van der Waals surface area contributed by atoms with Crippen LogP contribution in [0.5, 0.6) is 0 Å². The third kappa shape index (κ3) is 4.75. The molecule has 0 aliphatic carbocycles. The van der Waals surface area contributed by atoms with E-state index in [4.69, 9.17) is 0 Å². The summed E-state index contributed by atoms with van der Waals surface area (Å²) in [5.74, 6) is 0. The third-order valence-corrected chi connectivity index (χ3v) is 2.18. The molecule has 0 saturated carbocycles. The monoisotopic (exact) mass is 171 g/mol. The van der Waals surface area contributed by atoms with Gasteiger partial charge in [0.25, 0.3) is 0 Å². The van der Waals surface area contributed by atoms with E-state index in [0.29, 0.717) is 6.85 Å². The van der Waals surface area contributed by atoms with Gasteiger partial charge >= 0.3 is 0 Å². The predicted molar refractivity (Wildman–Crippen MR) is 56.2 cm³/mol. The Labute approximate surface area is 77.2 Å². The summed E-state index contributed by atoms with van der Waals surface area (Å²) in [5.41, 5.74) is 3.20. The highest BCUT2D eigenvalue weighted by molar-refractivity contribution is 6.54. The van der Waals surface area contributed by atoms with E-state index in [1.165, 1.54) is 6.42 Å². The van der Waals surface area contributed by atoms with Crippen LogP contribution < -0.4 is 5.43 Å². The molecule has 0 bridgehead atoms. The van der Waals surface area contributed by atoms with Crippen LogP contribution in [-0.4, -0.2) is 50.8 Å². The van der Waals surface area contributed by atoms with Crippen LogP contribution in [0.1, 0.15) is 13.3 Å². The molecule has 0 aromatic rings. The normalized spacial score (nSPS) is 11.2. The van der Waals surface area contributed by atoms with E-state index in [2.05, 4.69) is 43.1 Å². The third-order valence-electron chi connectivity index (χ3n) is 2.18. The quantitative estimate of drug-likeness (QED) is 0.465. The van der Waals surface area contributed by atoms with Crippen molar-refractivity contribution in [1.82, 2.24) is 15.2 Å². The Morgan fingerprint density at radius 2 is 1.92 bits per heavy atom. The van der Waals surface area contributed by atoms with Crippen LogP contribution in [0.4, 0.5) is 0 Å². The van der Waals surface area contributed by atoms with E-state index >= 15 is 0 Å². The van der Waals surface area contributed by atoms with Crippen molar-refractivity contribution < 1.29 is 0 Å². The molecule has 0 radical (unpaired) electrons. The van der Waals surface area contributed by atoms with Crippen molar-refractivity contribution in [2.75, 3.05) is 34.1 Å². The van der Waals surface area contributed by atoms with Crippen LogP contribution in [0.3, 0.4) is 0 Å². The Balaban J connectivity index is 3.68. The van der Waals surface area contributed by atoms with Crippen LogP contribution in [0.2, 0.25) is 6.82 Å². The first-order chi connectivity index (χ1) is 5.61. The van der Waals surface area contributed by atoms with E-state index in [9.17, 15) is 0 Å². The van der Waals surface area contributed by atoms with E-state index in [1.807, 2.05) is 7.05 Å². The molecule has 4 heteroatoms. The summed E-state index contributed by atoms with van der Waals surface area (Å²) in [6.45, 7) is 6.16. The van der Waals surface area contributed by atoms with E-state index in [1.54, 1.807) is 0 Å². The van der Waals surface area contributed by atoms with Crippen molar-refractivity contribution in [3.05, 3.63) is 0 Å². The van der Waals surface area contributed by atoms with Crippen molar-refractivity contribution in [2.45, 2.75) is 20.2 Å². The fourth-order valence-electron chi connectivity index (χ4n) is 1.05. The summed E-state index contributed by atoms with van der Waals surface area (Å²) >= 11 is 0. The molecule has 0 aromatic heterocycles. The summed E-state index contributed by atoms with van der Waals surface area (Å²) in [4.78, 5) is 2.24. The summed E-state index contributed by atoms with van der Waals surface area (Å²) in [5, 5.41) is 2.25. The number of hydrogen-bond donors (Lipinski definition) is 1. The van der Waals surface area contributed by atoms with Gasteiger partial charge in [0.1, 0.15) is 0 Å². The summed E-state index contributed by atoms with van der Waals surface area (Å²) in [6.07, 6.45) is 2.28. The summed E-state index contributed by atoms with van der Waals surface area (Å²) in [7, 11) is 6.22. The highest BCUT2D eigenvalue weighted by atomic mass is 15.5. The van der Waals surface area contributed by atoms with Crippen LogP contribution in [0, 0.1) is 0 Å². The molecular weight excluding hydrogens is 149 g/mol. The zero-order valence-corrected chi connectivity index (χ0v) is 9.09. The minimum Gasteiger partial charge on any atom is -0.347 e. The van der Waals surface area contributed by atoms with Gasteiger partial charge in [-0.25, -0.2) is 0 Å². The molecule has 12 heavy (non-hydrogen) atoms. The maximum absolute atomic E-state index is 3.20. The number of rotatable bonds is 6. The van der Waals surface area contributed by atoms with Gasteiger partial charge in [-0.2, -0.15) is 0 Å². The molecule has 0 heterocycles. The van der Waals surface area contributed by atoms with Crippen LogP contribution >= 0.6 is 0 Å². The van der Waals surface area contributed by atoms with Crippen LogP contribution in [-0.2, 0) is 0 Å². The van der Waals surface area contributed by atoms with E-state index < -0.39 is 0 Å². The molecule has 0 amide bonds. The largest absolute Gasteiger partial charge is 0.347 e. The van der Waals surface area contributed by atoms with Gasteiger partial charge < -0.3 is 4.81 Å². The maximum Gasteiger partial charge on any atom is 0.235 e. The molecule has 3 nitrogen and oxygen atoms in total. The van der Waals surface area contributed by atoms with Gasteiger partial charge in [-0.15, -0.1) is 0 Å². The van der Waals surface area contributed by atoms with Crippen LogP contribution in [0.25, 0.3) is 0 Å². The van der Waals surface area contributed by atoms with E-state index in [-0.39, 0.29) is 0 Å². The first kappa shape index (κ1) is 11.9. The summed E-state index contributed by atoms with van der Waals surface area (Å²) in [6, 6.07) is 0. The van der Waals surface area contributed by atoms with Gasteiger partial charge in [0, 0.05) is 13.0 Å². The molecular formula is C8H22BN3. The Bertz CT molecular complexity index is 108. The molecule has 0 atom stereocenters. The molecule has 0 aliphatic rings. The number of hydrazine groups is 1. The second-order valence-electron chi connectivity index (χ2n) is 3.48. The van der Waals surface area contributed by atoms with Crippen LogP contribution in [0.15, 0.2) is 0 Å². The number of nitrogens with one attached hydrogen (secondary N) is 1. The molecule has 0 unspecified atom stereocenters.